The number of aromatic nitrogens is 3. The standard InChI is InChI=1S/C17H15N3O4/c1-10-5-3-6-11-14(10)19-13(20-15(11)21)9-24-17(22)12-7-4-8-18-16(12)23-2/h3-8H,9H2,1-2H3,(H,19,20,21). The van der Waals surface area contributed by atoms with E-state index in [0.29, 0.717) is 10.9 Å². The molecule has 0 aliphatic carbocycles. The Balaban J connectivity index is 1.84. The number of hydrogen-bond donors (Lipinski definition) is 1. The lowest BCUT2D eigenvalue weighted by molar-refractivity contribution is 0.0457. The van der Waals surface area contributed by atoms with Gasteiger partial charge >= 0.3 is 5.97 Å². The lowest BCUT2D eigenvalue weighted by atomic mass is 10.1. The van der Waals surface area contributed by atoms with Crippen LogP contribution in [0.25, 0.3) is 10.9 Å². The first-order valence-electron chi connectivity index (χ1n) is 7.25. The summed E-state index contributed by atoms with van der Waals surface area (Å²) in [6.07, 6.45) is 1.51. The molecule has 7 nitrogen and oxygen atoms in total. The molecule has 0 spiro atoms. The Bertz CT molecular complexity index is 965. The van der Waals surface area contributed by atoms with Crippen LogP contribution < -0.4 is 10.3 Å². The fourth-order valence-corrected chi connectivity index (χ4v) is 2.34. The maximum absolute atomic E-state index is 12.2. The smallest absolute Gasteiger partial charge is 0.344 e. The second kappa shape index (κ2) is 6.49. The van der Waals surface area contributed by atoms with Gasteiger partial charge in [0.25, 0.3) is 5.56 Å². The van der Waals surface area contributed by atoms with E-state index in [4.69, 9.17) is 9.47 Å². The largest absolute Gasteiger partial charge is 0.480 e. The van der Waals surface area contributed by atoms with E-state index in [9.17, 15) is 9.59 Å². The Morgan fingerprint density at radius 3 is 2.88 bits per heavy atom. The molecule has 1 N–H and O–H groups in total. The summed E-state index contributed by atoms with van der Waals surface area (Å²) in [5.74, 6) is -0.149. The molecule has 122 valence electrons. The lowest BCUT2D eigenvalue weighted by Gasteiger charge is -2.08. The van der Waals surface area contributed by atoms with Crippen LogP contribution in [0.4, 0.5) is 0 Å². The molecule has 0 atom stereocenters. The summed E-state index contributed by atoms with van der Waals surface area (Å²) >= 11 is 0. The highest BCUT2D eigenvalue weighted by atomic mass is 16.5. The number of aromatic amines is 1. The first kappa shape index (κ1) is 15.7. The number of ether oxygens (including phenoxy) is 2. The monoisotopic (exact) mass is 325 g/mol. The molecule has 24 heavy (non-hydrogen) atoms. The van der Waals surface area contributed by atoms with Crippen molar-refractivity contribution >= 4 is 16.9 Å². The SMILES string of the molecule is COc1ncccc1C(=O)OCc1nc2c(C)cccc2c(=O)[nH]1. The van der Waals surface area contributed by atoms with E-state index < -0.39 is 5.97 Å². The highest BCUT2D eigenvalue weighted by Crippen LogP contribution is 2.16. The van der Waals surface area contributed by atoms with Gasteiger partial charge in [-0.15, -0.1) is 0 Å². The van der Waals surface area contributed by atoms with E-state index >= 15 is 0 Å². The summed E-state index contributed by atoms with van der Waals surface area (Å²) in [5.41, 5.74) is 1.40. The van der Waals surface area contributed by atoms with E-state index in [1.54, 1.807) is 24.3 Å². The topological polar surface area (TPSA) is 94.2 Å². The number of nitrogens with one attached hydrogen (secondary N) is 1. The van der Waals surface area contributed by atoms with Crippen LogP contribution in [0.15, 0.2) is 41.3 Å². The summed E-state index contributed by atoms with van der Waals surface area (Å²) < 4.78 is 10.2. The third-order valence-electron chi connectivity index (χ3n) is 3.51. The van der Waals surface area contributed by atoms with Crippen molar-refractivity contribution in [1.29, 1.82) is 0 Å². The average molecular weight is 325 g/mol. The summed E-state index contributed by atoms with van der Waals surface area (Å²) in [5, 5.41) is 0.499. The number of esters is 1. The number of para-hydroxylation sites is 1. The third-order valence-corrected chi connectivity index (χ3v) is 3.51. The van der Waals surface area contributed by atoms with Gasteiger partial charge in [0.1, 0.15) is 18.0 Å². The molecular formula is C17H15N3O4. The van der Waals surface area contributed by atoms with Gasteiger partial charge in [-0.1, -0.05) is 12.1 Å². The highest BCUT2D eigenvalue weighted by molar-refractivity contribution is 5.91. The number of hydrogen-bond acceptors (Lipinski definition) is 6. The predicted molar refractivity (Wildman–Crippen MR) is 87.0 cm³/mol. The molecule has 0 aliphatic rings. The van der Waals surface area contributed by atoms with Crippen molar-refractivity contribution < 1.29 is 14.3 Å². The Labute approximate surface area is 137 Å². The maximum atomic E-state index is 12.2. The number of methoxy groups -OCH3 is 1. The fourth-order valence-electron chi connectivity index (χ4n) is 2.34. The van der Waals surface area contributed by atoms with Gasteiger partial charge in [-0.05, 0) is 30.7 Å². The maximum Gasteiger partial charge on any atom is 0.344 e. The van der Waals surface area contributed by atoms with E-state index in [1.165, 1.54) is 13.3 Å². The minimum Gasteiger partial charge on any atom is -0.480 e. The highest BCUT2D eigenvalue weighted by Gasteiger charge is 2.15. The summed E-state index contributed by atoms with van der Waals surface area (Å²) in [4.78, 5) is 35.2. The number of fused-ring (bicyclic) bond motifs is 1. The van der Waals surface area contributed by atoms with Crippen molar-refractivity contribution in [3.63, 3.8) is 0 Å². The molecule has 0 fully saturated rings. The van der Waals surface area contributed by atoms with Crippen LogP contribution in [0.2, 0.25) is 0 Å². The van der Waals surface area contributed by atoms with Gasteiger partial charge < -0.3 is 14.5 Å². The zero-order valence-corrected chi connectivity index (χ0v) is 13.2. The van der Waals surface area contributed by atoms with Crippen LogP contribution in [0, 0.1) is 6.92 Å². The van der Waals surface area contributed by atoms with Crippen molar-refractivity contribution in [3.05, 3.63) is 63.8 Å². The number of nitrogens with zero attached hydrogens (tertiary/aromatic N) is 2. The number of pyridine rings is 1. The zero-order valence-electron chi connectivity index (χ0n) is 13.2. The number of aryl methyl sites for hydroxylation is 1. The van der Waals surface area contributed by atoms with Gasteiger partial charge in [0, 0.05) is 6.20 Å². The number of benzene rings is 1. The van der Waals surface area contributed by atoms with Crippen molar-refractivity contribution in [2.45, 2.75) is 13.5 Å². The van der Waals surface area contributed by atoms with Crippen LogP contribution in [0.5, 0.6) is 5.88 Å². The van der Waals surface area contributed by atoms with Crippen LogP contribution >= 0.6 is 0 Å². The normalized spacial score (nSPS) is 10.6. The van der Waals surface area contributed by atoms with Gasteiger partial charge in [-0.25, -0.2) is 14.8 Å². The minimum absolute atomic E-state index is 0.156. The van der Waals surface area contributed by atoms with Crippen LogP contribution in [0.3, 0.4) is 0 Å². The Kier molecular flexibility index (Phi) is 4.24. The molecule has 1 aromatic carbocycles. The van der Waals surface area contributed by atoms with E-state index in [2.05, 4.69) is 15.0 Å². The summed E-state index contributed by atoms with van der Waals surface area (Å²) in [7, 11) is 1.42. The zero-order chi connectivity index (χ0) is 17.1. The molecule has 2 aromatic heterocycles. The molecule has 2 heterocycles. The summed E-state index contributed by atoms with van der Waals surface area (Å²) in [6.45, 7) is 1.71. The second-order valence-corrected chi connectivity index (χ2v) is 5.12. The predicted octanol–water partition coefficient (Wildman–Crippen LogP) is 1.99. The first-order chi connectivity index (χ1) is 11.6. The van der Waals surface area contributed by atoms with E-state index in [1.807, 2.05) is 13.0 Å². The molecule has 0 saturated heterocycles. The van der Waals surface area contributed by atoms with Gasteiger partial charge in [0.2, 0.25) is 5.88 Å². The molecule has 0 unspecified atom stereocenters. The van der Waals surface area contributed by atoms with Crippen molar-refractivity contribution in [3.8, 4) is 5.88 Å². The molecule has 0 amide bonds. The Hall–Kier alpha value is -3.22. The molecule has 0 saturated carbocycles. The number of H-pyrrole nitrogens is 1. The van der Waals surface area contributed by atoms with Crippen LogP contribution in [0.1, 0.15) is 21.7 Å². The Morgan fingerprint density at radius 2 is 2.08 bits per heavy atom. The van der Waals surface area contributed by atoms with Gasteiger partial charge in [0.15, 0.2) is 0 Å². The van der Waals surface area contributed by atoms with E-state index in [-0.39, 0.29) is 29.4 Å². The first-order valence-corrected chi connectivity index (χ1v) is 7.25. The minimum atomic E-state index is -0.604. The van der Waals surface area contributed by atoms with Crippen molar-refractivity contribution in [1.82, 2.24) is 15.0 Å². The van der Waals surface area contributed by atoms with Gasteiger partial charge in [0.05, 0.1) is 18.0 Å². The van der Waals surface area contributed by atoms with Crippen LogP contribution in [-0.4, -0.2) is 28.0 Å². The molecule has 3 rings (SSSR count). The van der Waals surface area contributed by atoms with Crippen molar-refractivity contribution in [2.24, 2.45) is 0 Å². The van der Waals surface area contributed by atoms with Gasteiger partial charge in [-0.3, -0.25) is 4.79 Å². The van der Waals surface area contributed by atoms with Crippen LogP contribution in [-0.2, 0) is 11.3 Å². The second-order valence-electron chi connectivity index (χ2n) is 5.12. The third kappa shape index (κ3) is 2.96. The Morgan fingerprint density at radius 1 is 1.25 bits per heavy atom. The fraction of sp³-hybridized carbons (Fsp3) is 0.176. The molecular weight excluding hydrogens is 310 g/mol. The average Bonchev–Trinajstić information content (AvgIpc) is 2.60. The molecule has 0 aliphatic heterocycles. The van der Waals surface area contributed by atoms with Crippen molar-refractivity contribution in [2.75, 3.05) is 7.11 Å². The lowest BCUT2D eigenvalue weighted by Crippen LogP contribution is -2.15. The number of carbonyl (C=O) groups is 1. The van der Waals surface area contributed by atoms with Gasteiger partial charge in [-0.2, -0.15) is 0 Å². The molecule has 0 radical (unpaired) electrons. The van der Waals surface area contributed by atoms with E-state index in [0.717, 1.165) is 5.56 Å². The molecule has 3 aromatic rings. The number of rotatable bonds is 4. The molecule has 7 heteroatoms. The quantitative estimate of drug-likeness (QED) is 0.737. The molecule has 0 bridgehead atoms. The summed E-state index contributed by atoms with van der Waals surface area (Å²) in [6, 6.07) is 8.52. The number of carbonyl (C=O) groups excluding carboxylic acids is 1.